The summed E-state index contributed by atoms with van der Waals surface area (Å²) in [5, 5.41) is 0. The molecule has 3 heteroatoms. The van der Waals surface area contributed by atoms with Gasteiger partial charge in [-0.15, -0.1) is 0 Å². The van der Waals surface area contributed by atoms with Gasteiger partial charge in [0.25, 0.3) is 0 Å². The third-order valence-electron chi connectivity index (χ3n) is 4.60. The van der Waals surface area contributed by atoms with Crippen LogP contribution in [0.2, 0.25) is 0 Å². The molecule has 0 aromatic heterocycles. The van der Waals surface area contributed by atoms with Crippen LogP contribution in [0.4, 0.5) is 0 Å². The maximum Gasteiger partial charge on any atom is 0.0166 e. The summed E-state index contributed by atoms with van der Waals surface area (Å²) < 4.78 is 0. The third kappa shape index (κ3) is 3.43. The summed E-state index contributed by atoms with van der Waals surface area (Å²) in [6.45, 7) is 13.0. The van der Waals surface area contributed by atoms with Crippen molar-refractivity contribution in [2.75, 3.05) is 32.7 Å². The summed E-state index contributed by atoms with van der Waals surface area (Å²) in [5.41, 5.74) is 6.80. The Bertz CT molecular complexity index is 245. The zero-order valence-electron chi connectivity index (χ0n) is 11.8. The molecule has 1 saturated carbocycles. The zero-order chi connectivity index (χ0) is 12.5. The average molecular weight is 239 g/mol. The lowest BCUT2D eigenvalue weighted by atomic mass is 9.75. The van der Waals surface area contributed by atoms with Gasteiger partial charge >= 0.3 is 0 Å². The van der Waals surface area contributed by atoms with E-state index in [2.05, 4.69) is 30.6 Å². The molecule has 0 spiro atoms. The van der Waals surface area contributed by atoms with Crippen molar-refractivity contribution in [1.29, 1.82) is 0 Å². The van der Waals surface area contributed by atoms with E-state index in [1.54, 1.807) is 0 Å². The Hall–Kier alpha value is -0.120. The van der Waals surface area contributed by atoms with Crippen LogP contribution in [0.5, 0.6) is 0 Å². The van der Waals surface area contributed by atoms with Gasteiger partial charge in [0.1, 0.15) is 0 Å². The smallest absolute Gasteiger partial charge is 0.0166 e. The molecule has 1 saturated heterocycles. The maximum atomic E-state index is 6.28. The van der Waals surface area contributed by atoms with Crippen LogP contribution < -0.4 is 5.73 Å². The first-order valence-electron chi connectivity index (χ1n) is 7.15. The number of hydrogen-bond acceptors (Lipinski definition) is 3. The van der Waals surface area contributed by atoms with E-state index in [-0.39, 0.29) is 5.54 Å². The van der Waals surface area contributed by atoms with Crippen molar-refractivity contribution in [3.63, 3.8) is 0 Å². The Kier molecular flexibility index (Phi) is 3.81. The van der Waals surface area contributed by atoms with Crippen LogP contribution >= 0.6 is 0 Å². The van der Waals surface area contributed by atoms with Gasteiger partial charge in [0, 0.05) is 37.3 Å². The SMILES string of the molecule is CC(C)(C)N1CCN(CCC2(N)CCC2)CC1. The van der Waals surface area contributed by atoms with Crippen LogP contribution in [0.3, 0.4) is 0 Å². The molecule has 2 rings (SSSR count). The summed E-state index contributed by atoms with van der Waals surface area (Å²) in [4.78, 5) is 5.18. The molecule has 2 N–H and O–H groups in total. The highest BCUT2D eigenvalue weighted by Gasteiger charge is 2.33. The topological polar surface area (TPSA) is 32.5 Å². The molecule has 1 aliphatic heterocycles. The van der Waals surface area contributed by atoms with Gasteiger partial charge in [-0.25, -0.2) is 0 Å². The van der Waals surface area contributed by atoms with Crippen molar-refractivity contribution in [1.82, 2.24) is 9.80 Å². The van der Waals surface area contributed by atoms with Crippen LogP contribution in [0, 0.1) is 0 Å². The lowest BCUT2D eigenvalue weighted by Crippen LogP contribution is -2.55. The van der Waals surface area contributed by atoms with Gasteiger partial charge in [0.15, 0.2) is 0 Å². The Labute approximate surface area is 106 Å². The van der Waals surface area contributed by atoms with E-state index in [9.17, 15) is 0 Å². The summed E-state index contributed by atoms with van der Waals surface area (Å²) in [5.74, 6) is 0. The fourth-order valence-corrected chi connectivity index (χ4v) is 2.90. The van der Waals surface area contributed by atoms with Gasteiger partial charge in [-0.3, -0.25) is 4.90 Å². The van der Waals surface area contributed by atoms with Crippen LogP contribution in [0.15, 0.2) is 0 Å². The minimum Gasteiger partial charge on any atom is -0.325 e. The Morgan fingerprint density at radius 3 is 2.06 bits per heavy atom. The molecule has 0 aromatic carbocycles. The highest BCUT2D eigenvalue weighted by atomic mass is 15.3. The van der Waals surface area contributed by atoms with E-state index in [1.165, 1.54) is 58.4 Å². The second-order valence-corrected chi connectivity index (χ2v) is 6.97. The van der Waals surface area contributed by atoms with Gasteiger partial charge in [0.05, 0.1) is 0 Å². The number of nitrogens with two attached hydrogens (primary N) is 1. The van der Waals surface area contributed by atoms with Crippen LogP contribution in [0.25, 0.3) is 0 Å². The molecule has 1 aliphatic carbocycles. The largest absolute Gasteiger partial charge is 0.325 e. The molecule has 0 unspecified atom stereocenters. The van der Waals surface area contributed by atoms with Crippen molar-refractivity contribution in [3.05, 3.63) is 0 Å². The molecule has 1 heterocycles. The molecule has 0 atom stereocenters. The monoisotopic (exact) mass is 239 g/mol. The van der Waals surface area contributed by atoms with Crippen molar-refractivity contribution < 1.29 is 0 Å². The highest BCUT2D eigenvalue weighted by molar-refractivity contribution is 4.93. The molecular formula is C14H29N3. The van der Waals surface area contributed by atoms with Crippen molar-refractivity contribution in [3.8, 4) is 0 Å². The van der Waals surface area contributed by atoms with E-state index < -0.39 is 0 Å². The first-order chi connectivity index (χ1) is 7.89. The minimum absolute atomic E-state index is 0.196. The van der Waals surface area contributed by atoms with Gasteiger partial charge in [-0.05, 0) is 53.0 Å². The molecule has 2 fully saturated rings. The third-order valence-corrected chi connectivity index (χ3v) is 4.60. The molecule has 0 amide bonds. The second kappa shape index (κ2) is 4.87. The quantitative estimate of drug-likeness (QED) is 0.813. The Morgan fingerprint density at radius 1 is 1.06 bits per heavy atom. The lowest BCUT2D eigenvalue weighted by Gasteiger charge is -2.44. The summed E-state index contributed by atoms with van der Waals surface area (Å²) in [7, 11) is 0. The molecule has 0 radical (unpaired) electrons. The molecular weight excluding hydrogens is 210 g/mol. The second-order valence-electron chi connectivity index (χ2n) is 6.97. The van der Waals surface area contributed by atoms with Crippen LogP contribution in [0.1, 0.15) is 46.5 Å². The lowest BCUT2D eigenvalue weighted by molar-refractivity contribution is 0.0555. The molecule has 3 nitrogen and oxygen atoms in total. The van der Waals surface area contributed by atoms with Gasteiger partial charge in [-0.2, -0.15) is 0 Å². The number of rotatable bonds is 3. The normalized spacial score (nSPS) is 26.8. The predicted molar refractivity (Wildman–Crippen MR) is 73.2 cm³/mol. The van der Waals surface area contributed by atoms with Crippen LogP contribution in [-0.4, -0.2) is 53.6 Å². The summed E-state index contributed by atoms with van der Waals surface area (Å²) in [6.07, 6.45) is 5.03. The highest BCUT2D eigenvalue weighted by Crippen LogP contribution is 2.32. The number of hydrogen-bond donors (Lipinski definition) is 1. The van der Waals surface area contributed by atoms with E-state index in [0.29, 0.717) is 5.54 Å². The summed E-state index contributed by atoms with van der Waals surface area (Å²) in [6, 6.07) is 0. The molecule has 0 aromatic rings. The van der Waals surface area contributed by atoms with Crippen LogP contribution in [-0.2, 0) is 0 Å². The number of nitrogens with zero attached hydrogens (tertiary/aromatic N) is 2. The molecule has 100 valence electrons. The number of piperazine rings is 1. The van der Waals surface area contributed by atoms with Crippen molar-refractivity contribution in [2.24, 2.45) is 5.73 Å². The Balaban J connectivity index is 1.69. The van der Waals surface area contributed by atoms with Gasteiger partial charge < -0.3 is 10.6 Å². The fraction of sp³-hybridized carbons (Fsp3) is 1.00. The van der Waals surface area contributed by atoms with Crippen molar-refractivity contribution >= 4 is 0 Å². The Morgan fingerprint density at radius 2 is 1.65 bits per heavy atom. The summed E-state index contributed by atoms with van der Waals surface area (Å²) >= 11 is 0. The maximum absolute atomic E-state index is 6.28. The van der Waals surface area contributed by atoms with E-state index in [0.717, 1.165) is 0 Å². The van der Waals surface area contributed by atoms with Gasteiger partial charge in [-0.1, -0.05) is 0 Å². The predicted octanol–water partition coefficient (Wildman–Crippen LogP) is 1.67. The minimum atomic E-state index is 0.196. The first-order valence-corrected chi connectivity index (χ1v) is 7.15. The zero-order valence-corrected chi connectivity index (χ0v) is 11.8. The van der Waals surface area contributed by atoms with E-state index >= 15 is 0 Å². The molecule has 0 bridgehead atoms. The molecule has 2 aliphatic rings. The van der Waals surface area contributed by atoms with E-state index in [1.807, 2.05) is 0 Å². The van der Waals surface area contributed by atoms with E-state index in [4.69, 9.17) is 5.73 Å². The first kappa shape index (κ1) is 13.3. The van der Waals surface area contributed by atoms with Crippen molar-refractivity contribution in [2.45, 2.75) is 57.5 Å². The van der Waals surface area contributed by atoms with Gasteiger partial charge in [0.2, 0.25) is 0 Å². The fourth-order valence-electron chi connectivity index (χ4n) is 2.90. The molecule has 17 heavy (non-hydrogen) atoms. The average Bonchev–Trinajstić information content (AvgIpc) is 2.23. The standard InChI is InChI=1S/C14H29N3/c1-13(2,3)17-11-9-16(10-12-17)8-7-14(15)5-4-6-14/h4-12,15H2,1-3H3.